The highest BCUT2D eigenvalue weighted by Crippen LogP contribution is 2.47. The van der Waals surface area contributed by atoms with Gasteiger partial charge in [0, 0.05) is 13.0 Å². The van der Waals surface area contributed by atoms with Crippen molar-refractivity contribution in [3.05, 3.63) is 35.9 Å². The van der Waals surface area contributed by atoms with Crippen LogP contribution in [0.3, 0.4) is 0 Å². The van der Waals surface area contributed by atoms with Crippen LogP contribution in [0, 0.1) is 0 Å². The first kappa shape index (κ1) is 12.8. The Balaban J connectivity index is 1.66. The fourth-order valence-electron chi connectivity index (χ4n) is 3.74. The first-order valence-corrected chi connectivity index (χ1v) is 7.40. The molecule has 3 atom stereocenters. The molecule has 1 aliphatic carbocycles. The van der Waals surface area contributed by atoms with Crippen LogP contribution in [0.15, 0.2) is 30.3 Å². The van der Waals surface area contributed by atoms with Crippen LogP contribution in [-0.2, 0) is 14.3 Å². The number of benzene rings is 1. The van der Waals surface area contributed by atoms with Gasteiger partial charge in [-0.25, -0.2) is 4.79 Å². The molecule has 2 heterocycles. The van der Waals surface area contributed by atoms with E-state index in [0.29, 0.717) is 26.1 Å². The Labute approximate surface area is 122 Å². The third kappa shape index (κ3) is 1.73. The van der Waals surface area contributed by atoms with E-state index in [-0.39, 0.29) is 24.0 Å². The Bertz CT molecular complexity index is 579. The monoisotopic (exact) mass is 287 g/mol. The lowest BCUT2D eigenvalue weighted by atomic mass is 9.70. The van der Waals surface area contributed by atoms with Gasteiger partial charge in [-0.1, -0.05) is 30.3 Å². The van der Waals surface area contributed by atoms with Gasteiger partial charge in [0.05, 0.1) is 12.1 Å². The summed E-state index contributed by atoms with van der Waals surface area (Å²) in [6.45, 7) is 0.935. The predicted molar refractivity (Wildman–Crippen MR) is 73.7 cm³/mol. The molecule has 110 valence electrons. The van der Waals surface area contributed by atoms with Crippen LogP contribution in [0.4, 0.5) is 4.79 Å². The van der Waals surface area contributed by atoms with E-state index in [1.54, 1.807) is 4.90 Å². The number of hydrogen-bond acceptors (Lipinski definition) is 4. The molecular weight excluding hydrogens is 270 g/mol. The number of carbonyl (C=O) groups is 2. The summed E-state index contributed by atoms with van der Waals surface area (Å²) >= 11 is 0. The molecule has 0 bridgehead atoms. The molecule has 1 aromatic carbocycles. The van der Waals surface area contributed by atoms with Crippen LogP contribution in [0.25, 0.3) is 0 Å². The smallest absolute Gasteiger partial charge is 0.410 e. The summed E-state index contributed by atoms with van der Waals surface area (Å²) in [5, 5.41) is 0. The molecule has 3 aliphatic rings. The van der Waals surface area contributed by atoms with E-state index >= 15 is 0 Å². The number of Topliss-reactive ketones (excluding diaryl/α,β-unsaturated/α-hetero) is 1. The minimum absolute atomic E-state index is 0.122. The third-order valence-corrected chi connectivity index (χ3v) is 4.87. The van der Waals surface area contributed by atoms with E-state index in [1.165, 1.54) is 0 Å². The lowest BCUT2D eigenvalue weighted by Gasteiger charge is -2.48. The fraction of sp³-hybridized carbons (Fsp3) is 0.500. The minimum atomic E-state index is -0.767. The number of nitrogens with zero attached hydrogens (tertiary/aromatic N) is 1. The summed E-state index contributed by atoms with van der Waals surface area (Å²) in [5.74, 6) is 0.122. The van der Waals surface area contributed by atoms with Crippen molar-refractivity contribution in [2.75, 3.05) is 13.2 Å². The van der Waals surface area contributed by atoms with Gasteiger partial charge in [-0.2, -0.15) is 0 Å². The molecule has 0 aromatic heterocycles. The molecule has 0 N–H and O–H groups in total. The molecule has 1 saturated carbocycles. The van der Waals surface area contributed by atoms with Gasteiger partial charge in [0.2, 0.25) is 0 Å². The zero-order chi connectivity index (χ0) is 14.4. The molecule has 5 heteroatoms. The Morgan fingerprint density at radius 1 is 1.19 bits per heavy atom. The summed E-state index contributed by atoms with van der Waals surface area (Å²) in [4.78, 5) is 26.0. The maximum Gasteiger partial charge on any atom is 0.410 e. The molecule has 1 spiro atoms. The van der Waals surface area contributed by atoms with Crippen molar-refractivity contribution < 1.29 is 19.1 Å². The maximum absolute atomic E-state index is 12.2. The number of cyclic esters (lactones) is 1. The second-order valence-electron chi connectivity index (χ2n) is 5.90. The lowest BCUT2D eigenvalue weighted by molar-refractivity contribution is -0.167. The Morgan fingerprint density at radius 3 is 2.67 bits per heavy atom. The van der Waals surface area contributed by atoms with Crippen molar-refractivity contribution in [2.45, 2.75) is 36.9 Å². The van der Waals surface area contributed by atoms with Crippen LogP contribution >= 0.6 is 0 Å². The summed E-state index contributed by atoms with van der Waals surface area (Å²) in [6, 6.07) is 9.50. The maximum atomic E-state index is 12.2. The number of carbonyl (C=O) groups excluding carboxylic acids is 2. The second kappa shape index (κ2) is 4.56. The zero-order valence-corrected chi connectivity index (χ0v) is 11.7. The van der Waals surface area contributed by atoms with Crippen molar-refractivity contribution in [3.63, 3.8) is 0 Å². The average Bonchev–Trinajstić information content (AvgIpc) is 3.14. The SMILES string of the molecule is O=C1OC[C@H](c2ccccc2)N1[C@H]1CC(=O)[C@@]12CCCO2. The summed E-state index contributed by atoms with van der Waals surface area (Å²) in [7, 11) is 0. The lowest BCUT2D eigenvalue weighted by Crippen LogP contribution is -2.67. The van der Waals surface area contributed by atoms with Crippen LogP contribution in [0.2, 0.25) is 0 Å². The summed E-state index contributed by atoms with van der Waals surface area (Å²) in [6.07, 6.45) is 1.62. The van der Waals surface area contributed by atoms with Crippen molar-refractivity contribution in [1.82, 2.24) is 4.90 Å². The molecule has 0 unspecified atom stereocenters. The number of amides is 1. The Hall–Kier alpha value is -1.88. The molecular formula is C16H17NO4. The van der Waals surface area contributed by atoms with Crippen molar-refractivity contribution in [1.29, 1.82) is 0 Å². The molecule has 21 heavy (non-hydrogen) atoms. The largest absolute Gasteiger partial charge is 0.447 e. The molecule has 2 aliphatic heterocycles. The number of hydrogen-bond donors (Lipinski definition) is 0. The van der Waals surface area contributed by atoms with Gasteiger partial charge in [-0.15, -0.1) is 0 Å². The normalized spacial score (nSPS) is 35.1. The Morgan fingerprint density at radius 2 is 2.00 bits per heavy atom. The van der Waals surface area contributed by atoms with Gasteiger partial charge in [-0.3, -0.25) is 9.69 Å². The van der Waals surface area contributed by atoms with Crippen molar-refractivity contribution >= 4 is 11.9 Å². The van der Waals surface area contributed by atoms with E-state index in [1.807, 2.05) is 30.3 Å². The number of ether oxygens (including phenoxy) is 2. The molecule has 3 fully saturated rings. The quantitative estimate of drug-likeness (QED) is 0.835. The zero-order valence-electron chi connectivity index (χ0n) is 11.7. The number of ketones is 1. The van der Waals surface area contributed by atoms with Gasteiger partial charge < -0.3 is 9.47 Å². The fourth-order valence-corrected chi connectivity index (χ4v) is 3.74. The third-order valence-electron chi connectivity index (χ3n) is 4.87. The molecule has 2 saturated heterocycles. The van der Waals surface area contributed by atoms with Gasteiger partial charge in [0.1, 0.15) is 12.2 Å². The van der Waals surface area contributed by atoms with Crippen molar-refractivity contribution in [3.8, 4) is 0 Å². The topological polar surface area (TPSA) is 55.8 Å². The minimum Gasteiger partial charge on any atom is -0.447 e. The average molecular weight is 287 g/mol. The van der Waals surface area contributed by atoms with Gasteiger partial charge in [0.15, 0.2) is 5.78 Å². The van der Waals surface area contributed by atoms with E-state index < -0.39 is 5.60 Å². The highest BCUT2D eigenvalue weighted by Gasteiger charge is 2.63. The van der Waals surface area contributed by atoms with Gasteiger partial charge >= 0.3 is 6.09 Å². The summed E-state index contributed by atoms with van der Waals surface area (Å²) < 4.78 is 11.0. The number of rotatable bonds is 2. The van der Waals surface area contributed by atoms with E-state index in [2.05, 4.69) is 0 Å². The van der Waals surface area contributed by atoms with Crippen LogP contribution in [-0.4, -0.2) is 41.6 Å². The van der Waals surface area contributed by atoms with Crippen LogP contribution < -0.4 is 0 Å². The Kier molecular flexibility index (Phi) is 2.79. The molecule has 4 rings (SSSR count). The van der Waals surface area contributed by atoms with Crippen LogP contribution in [0.1, 0.15) is 30.9 Å². The van der Waals surface area contributed by atoms with E-state index in [4.69, 9.17) is 9.47 Å². The van der Waals surface area contributed by atoms with Gasteiger partial charge in [0.25, 0.3) is 0 Å². The van der Waals surface area contributed by atoms with E-state index in [0.717, 1.165) is 12.0 Å². The first-order chi connectivity index (χ1) is 10.2. The molecule has 5 nitrogen and oxygen atoms in total. The highest BCUT2D eigenvalue weighted by atomic mass is 16.6. The van der Waals surface area contributed by atoms with Crippen molar-refractivity contribution in [2.24, 2.45) is 0 Å². The standard InChI is InChI=1S/C16H17NO4/c18-14-9-13(16(14)7-4-8-21-16)17-12(10-20-15(17)19)11-5-2-1-3-6-11/h1-3,5-6,12-13H,4,7-10H2/t12-,13+,16-/m1/s1. The van der Waals surface area contributed by atoms with Crippen LogP contribution in [0.5, 0.6) is 0 Å². The predicted octanol–water partition coefficient (Wildman–Crippen LogP) is 2.07. The van der Waals surface area contributed by atoms with E-state index in [9.17, 15) is 9.59 Å². The highest BCUT2D eigenvalue weighted by molar-refractivity contribution is 5.97. The molecule has 1 amide bonds. The molecule has 1 aromatic rings. The first-order valence-electron chi connectivity index (χ1n) is 7.40. The summed E-state index contributed by atoms with van der Waals surface area (Å²) in [5.41, 5.74) is 0.270. The van der Waals surface area contributed by atoms with Gasteiger partial charge in [-0.05, 0) is 18.4 Å². The second-order valence-corrected chi connectivity index (χ2v) is 5.90. The molecule has 0 radical (unpaired) electrons.